The molecule has 110 valence electrons. The average Bonchev–Trinajstić information content (AvgIpc) is 2.36. The van der Waals surface area contributed by atoms with Crippen LogP contribution in [-0.4, -0.2) is 35.1 Å². The van der Waals surface area contributed by atoms with E-state index in [4.69, 9.17) is 17.3 Å². The van der Waals surface area contributed by atoms with E-state index in [0.717, 1.165) is 0 Å². The van der Waals surface area contributed by atoms with Crippen LogP contribution in [0.25, 0.3) is 0 Å². The highest BCUT2D eigenvalue weighted by molar-refractivity contribution is 6.29. The topological polar surface area (TPSA) is 59.2 Å². The van der Waals surface area contributed by atoms with Crippen LogP contribution < -0.4 is 5.73 Å². The molecule has 1 aromatic rings. The lowest BCUT2D eigenvalue weighted by atomic mass is 9.96. The summed E-state index contributed by atoms with van der Waals surface area (Å²) in [5.74, 6) is -1.61. The fourth-order valence-corrected chi connectivity index (χ4v) is 2.45. The summed E-state index contributed by atoms with van der Waals surface area (Å²) in [4.78, 5) is 17.3. The standard InChI is InChI=1S/C12H13ClF3N3O/c13-9-5-7(6-10(17)18-9)11(20)19-3-1-8(2-4-19)12(14,15)16/h5-6,8H,1-4H2,(H2,17,18). The highest BCUT2D eigenvalue weighted by atomic mass is 35.5. The fourth-order valence-electron chi connectivity index (χ4n) is 2.23. The number of hydrogen-bond donors (Lipinski definition) is 1. The van der Waals surface area contributed by atoms with Gasteiger partial charge in [-0.15, -0.1) is 0 Å². The summed E-state index contributed by atoms with van der Waals surface area (Å²) in [7, 11) is 0. The van der Waals surface area contributed by atoms with E-state index in [1.165, 1.54) is 17.0 Å². The van der Waals surface area contributed by atoms with E-state index in [-0.39, 0.29) is 48.4 Å². The van der Waals surface area contributed by atoms with Crippen LogP contribution in [0.1, 0.15) is 23.2 Å². The number of halogens is 4. The van der Waals surface area contributed by atoms with E-state index in [1.54, 1.807) is 0 Å². The first-order valence-electron chi connectivity index (χ1n) is 6.06. The van der Waals surface area contributed by atoms with Crippen molar-refractivity contribution in [3.63, 3.8) is 0 Å². The zero-order valence-electron chi connectivity index (χ0n) is 10.5. The second-order valence-corrected chi connectivity index (χ2v) is 5.10. The van der Waals surface area contributed by atoms with Gasteiger partial charge in [-0.25, -0.2) is 4.98 Å². The maximum atomic E-state index is 12.6. The summed E-state index contributed by atoms with van der Waals surface area (Å²) in [6.07, 6.45) is -4.35. The summed E-state index contributed by atoms with van der Waals surface area (Å²) in [6.45, 7) is 0.145. The molecule has 0 bridgehead atoms. The molecule has 0 aromatic carbocycles. The predicted molar refractivity (Wildman–Crippen MR) is 68.3 cm³/mol. The normalized spacial score (nSPS) is 17.3. The number of alkyl halides is 3. The van der Waals surface area contributed by atoms with Crippen molar-refractivity contribution in [2.75, 3.05) is 18.8 Å². The highest BCUT2D eigenvalue weighted by Gasteiger charge is 2.41. The minimum Gasteiger partial charge on any atom is -0.384 e. The van der Waals surface area contributed by atoms with Crippen molar-refractivity contribution >= 4 is 23.3 Å². The summed E-state index contributed by atoms with van der Waals surface area (Å²) in [6, 6.07) is 2.72. The molecular formula is C12H13ClF3N3O. The fraction of sp³-hybridized carbons (Fsp3) is 0.500. The van der Waals surface area contributed by atoms with Gasteiger partial charge in [0.1, 0.15) is 11.0 Å². The van der Waals surface area contributed by atoms with E-state index in [0.29, 0.717) is 0 Å². The monoisotopic (exact) mass is 307 g/mol. The molecular weight excluding hydrogens is 295 g/mol. The number of carbonyl (C=O) groups excluding carboxylic acids is 1. The van der Waals surface area contributed by atoms with Gasteiger partial charge in [-0.1, -0.05) is 11.6 Å². The van der Waals surface area contributed by atoms with Crippen molar-refractivity contribution in [3.8, 4) is 0 Å². The number of nitrogens with zero attached hydrogens (tertiary/aromatic N) is 2. The van der Waals surface area contributed by atoms with Crippen molar-refractivity contribution in [3.05, 3.63) is 22.8 Å². The average molecular weight is 308 g/mol. The number of rotatable bonds is 1. The molecule has 0 radical (unpaired) electrons. The van der Waals surface area contributed by atoms with Gasteiger partial charge in [-0.2, -0.15) is 13.2 Å². The van der Waals surface area contributed by atoms with E-state index in [2.05, 4.69) is 4.98 Å². The van der Waals surface area contributed by atoms with E-state index < -0.39 is 12.1 Å². The third-order valence-corrected chi connectivity index (χ3v) is 3.50. The largest absolute Gasteiger partial charge is 0.391 e. The molecule has 4 nitrogen and oxygen atoms in total. The van der Waals surface area contributed by atoms with Gasteiger partial charge in [0.25, 0.3) is 5.91 Å². The molecule has 0 saturated carbocycles. The number of carbonyl (C=O) groups is 1. The third-order valence-electron chi connectivity index (χ3n) is 3.31. The molecule has 1 aliphatic rings. The van der Waals surface area contributed by atoms with Crippen LogP contribution in [0.3, 0.4) is 0 Å². The third kappa shape index (κ3) is 3.33. The first-order valence-corrected chi connectivity index (χ1v) is 6.44. The van der Waals surface area contributed by atoms with E-state index >= 15 is 0 Å². The molecule has 0 aliphatic carbocycles. The number of nitrogen functional groups attached to an aromatic ring is 1. The summed E-state index contributed by atoms with van der Waals surface area (Å²) >= 11 is 5.71. The predicted octanol–water partition coefficient (Wildman–Crippen LogP) is 2.73. The van der Waals surface area contributed by atoms with Crippen LogP contribution in [-0.2, 0) is 0 Å². The SMILES string of the molecule is Nc1cc(C(=O)N2CCC(C(F)(F)F)CC2)cc(Cl)n1. The Morgan fingerprint density at radius 3 is 2.45 bits per heavy atom. The number of nitrogens with two attached hydrogens (primary N) is 1. The Kier molecular flexibility index (Phi) is 4.08. The lowest BCUT2D eigenvalue weighted by Gasteiger charge is -2.33. The molecule has 2 rings (SSSR count). The molecule has 0 unspecified atom stereocenters. The zero-order valence-corrected chi connectivity index (χ0v) is 11.2. The Morgan fingerprint density at radius 1 is 1.35 bits per heavy atom. The van der Waals surface area contributed by atoms with Gasteiger partial charge < -0.3 is 10.6 Å². The van der Waals surface area contributed by atoms with Crippen LogP contribution in [0.2, 0.25) is 5.15 Å². The van der Waals surface area contributed by atoms with Gasteiger partial charge in [-0.3, -0.25) is 4.79 Å². The van der Waals surface area contributed by atoms with Crippen molar-refractivity contribution in [1.82, 2.24) is 9.88 Å². The maximum absolute atomic E-state index is 12.6. The molecule has 8 heteroatoms. The molecule has 0 spiro atoms. The quantitative estimate of drug-likeness (QED) is 0.812. The Balaban J connectivity index is 2.05. The zero-order chi connectivity index (χ0) is 14.9. The first-order chi connectivity index (χ1) is 9.27. The van der Waals surface area contributed by atoms with Crippen LogP contribution in [0.15, 0.2) is 12.1 Å². The number of aromatic nitrogens is 1. The van der Waals surface area contributed by atoms with Gasteiger partial charge >= 0.3 is 6.18 Å². The van der Waals surface area contributed by atoms with Gasteiger partial charge in [-0.05, 0) is 25.0 Å². The molecule has 1 fully saturated rings. The minimum atomic E-state index is -4.19. The van der Waals surface area contributed by atoms with Crippen molar-refractivity contribution in [2.24, 2.45) is 5.92 Å². The summed E-state index contributed by atoms with van der Waals surface area (Å²) in [5, 5.41) is 0.0820. The van der Waals surface area contributed by atoms with Crippen LogP contribution in [0.5, 0.6) is 0 Å². The van der Waals surface area contributed by atoms with E-state index in [9.17, 15) is 18.0 Å². The van der Waals surface area contributed by atoms with Gasteiger partial charge in [0.2, 0.25) is 0 Å². The van der Waals surface area contributed by atoms with Crippen molar-refractivity contribution in [2.45, 2.75) is 19.0 Å². The van der Waals surface area contributed by atoms with Crippen LogP contribution >= 0.6 is 11.6 Å². The van der Waals surface area contributed by atoms with Gasteiger partial charge in [0.15, 0.2) is 0 Å². The van der Waals surface area contributed by atoms with Gasteiger partial charge in [0.05, 0.1) is 5.92 Å². The Morgan fingerprint density at radius 2 is 1.95 bits per heavy atom. The summed E-state index contributed by atoms with van der Waals surface area (Å²) in [5.41, 5.74) is 5.73. The van der Waals surface area contributed by atoms with Crippen LogP contribution in [0, 0.1) is 5.92 Å². The lowest BCUT2D eigenvalue weighted by Crippen LogP contribution is -2.42. The van der Waals surface area contributed by atoms with Crippen molar-refractivity contribution < 1.29 is 18.0 Å². The van der Waals surface area contributed by atoms with Crippen LogP contribution in [0.4, 0.5) is 19.0 Å². The van der Waals surface area contributed by atoms with Gasteiger partial charge in [0, 0.05) is 18.7 Å². The number of piperidine rings is 1. The molecule has 20 heavy (non-hydrogen) atoms. The first kappa shape index (κ1) is 14.9. The smallest absolute Gasteiger partial charge is 0.384 e. The molecule has 1 amide bonds. The second kappa shape index (κ2) is 5.47. The molecule has 1 aromatic heterocycles. The number of likely N-dealkylation sites (tertiary alicyclic amines) is 1. The van der Waals surface area contributed by atoms with E-state index in [1.807, 2.05) is 0 Å². The Labute approximate surface area is 118 Å². The molecule has 0 atom stereocenters. The molecule has 1 saturated heterocycles. The minimum absolute atomic E-state index is 0.0723. The summed E-state index contributed by atoms with van der Waals surface area (Å²) < 4.78 is 37.7. The highest BCUT2D eigenvalue weighted by Crippen LogP contribution is 2.34. The number of pyridine rings is 1. The maximum Gasteiger partial charge on any atom is 0.391 e. The number of anilines is 1. The number of hydrogen-bond acceptors (Lipinski definition) is 3. The Hall–Kier alpha value is -1.50. The lowest BCUT2D eigenvalue weighted by molar-refractivity contribution is -0.183. The number of amides is 1. The van der Waals surface area contributed by atoms with Crippen molar-refractivity contribution in [1.29, 1.82) is 0 Å². The Bertz CT molecular complexity index is 493. The molecule has 2 N–H and O–H groups in total. The molecule has 2 heterocycles. The molecule has 1 aliphatic heterocycles. The second-order valence-electron chi connectivity index (χ2n) is 4.71.